The second-order valence-corrected chi connectivity index (χ2v) is 11.9. The highest BCUT2D eigenvalue weighted by atomic mass is 16.6. The number of hydrogen-bond acceptors (Lipinski definition) is 9. The van der Waals surface area contributed by atoms with Crippen molar-refractivity contribution >= 4 is 23.2 Å². The number of carbonyl (C=O) groups is 2. The Morgan fingerprint density at radius 1 is 0.867 bits per heavy atom. The van der Waals surface area contributed by atoms with E-state index in [1.807, 2.05) is 43.3 Å². The van der Waals surface area contributed by atoms with Crippen molar-refractivity contribution in [3.05, 3.63) is 129 Å². The standard InChI is InChI=1S/C35H38N4O6/c1-23(37-17-19-38(20-18-37)32(25-11-6-4-7-12-25)26-13-8-5-9-14-26)22-35(3)31(34(42)43)30(29(33(40)41)24(2)36-35)27-15-10-16-28(21-27)39(44)45/h4-16,21,23,32,36H,17-20,22H2,1-3H3,(H,40,41)(H,42,43)/p-2. The first kappa shape index (κ1) is 31.6. The quantitative estimate of drug-likeness (QED) is 0.272. The Labute approximate surface area is 262 Å². The van der Waals surface area contributed by atoms with Gasteiger partial charge >= 0.3 is 0 Å². The van der Waals surface area contributed by atoms with Crippen LogP contribution in [-0.4, -0.2) is 64.4 Å². The molecule has 2 atom stereocenters. The first-order valence-electron chi connectivity index (χ1n) is 15.0. The Balaban J connectivity index is 1.42. The molecule has 2 aliphatic heterocycles. The number of piperazine rings is 1. The molecule has 234 valence electrons. The Bertz CT molecular complexity index is 1610. The summed E-state index contributed by atoms with van der Waals surface area (Å²) >= 11 is 0. The van der Waals surface area contributed by atoms with E-state index in [-0.39, 0.29) is 45.8 Å². The lowest BCUT2D eigenvalue weighted by Gasteiger charge is -2.47. The molecule has 0 bridgehead atoms. The number of nitrogens with one attached hydrogen (secondary N) is 1. The minimum atomic E-state index is -1.59. The monoisotopic (exact) mass is 608 g/mol. The highest BCUT2D eigenvalue weighted by Gasteiger charge is 2.41. The number of carboxylic acid groups (broad SMARTS) is 2. The van der Waals surface area contributed by atoms with E-state index in [2.05, 4.69) is 39.4 Å². The maximum absolute atomic E-state index is 12.8. The van der Waals surface area contributed by atoms with Crippen molar-refractivity contribution in [3.63, 3.8) is 0 Å². The summed E-state index contributed by atoms with van der Waals surface area (Å²) in [6.45, 7) is 8.35. The summed E-state index contributed by atoms with van der Waals surface area (Å²) in [5, 5.41) is 39.7. The Hall–Kier alpha value is -4.80. The molecule has 1 N–H and O–H groups in total. The van der Waals surface area contributed by atoms with Gasteiger partial charge in [-0.2, -0.15) is 0 Å². The van der Waals surface area contributed by atoms with Crippen LogP contribution in [0, 0.1) is 10.1 Å². The molecule has 2 aliphatic rings. The molecule has 0 saturated carbocycles. The van der Waals surface area contributed by atoms with Crippen molar-refractivity contribution in [3.8, 4) is 0 Å². The minimum absolute atomic E-state index is 0.100. The highest BCUT2D eigenvalue weighted by Crippen LogP contribution is 2.41. The van der Waals surface area contributed by atoms with Gasteiger partial charge < -0.3 is 25.1 Å². The molecular weight excluding hydrogens is 572 g/mol. The molecule has 1 fully saturated rings. The third-order valence-electron chi connectivity index (χ3n) is 8.92. The van der Waals surface area contributed by atoms with Gasteiger partial charge in [-0.05, 0) is 43.9 Å². The van der Waals surface area contributed by atoms with Crippen molar-refractivity contribution in [1.29, 1.82) is 0 Å². The zero-order valence-corrected chi connectivity index (χ0v) is 25.6. The maximum Gasteiger partial charge on any atom is 0.270 e. The van der Waals surface area contributed by atoms with Gasteiger partial charge in [-0.1, -0.05) is 72.8 Å². The molecule has 2 unspecified atom stereocenters. The number of nitro groups is 1. The average Bonchev–Trinajstić information content (AvgIpc) is 3.01. The second kappa shape index (κ2) is 13.1. The number of hydrogen-bond donors (Lipinski definition) is 1. The van der Waals surface area contributed by atoms with Gasteiger partial charge in [0.1, 0.15) is 0 Å². The fourth-order valence-corrected chi connectivity index (χ4v) is 6.97. The number of aliphatic carboxylic acids is 2. The molecule has 10 heteroatoms. The Morgan fingerprint density at radius 3 is 1.93 bits per heavy atom. The van der Waals surface area contributed by atoms with Crippen molar-refractivity contribution in [2.24, 2.45) is 0 Å². The summed E-state index contributed by atoms with van der Waals surface area (Å²) in [4.78, 5) is 40.8. The summed E-state index contributed by atoms with van der Waals surface area (Å²) < 4.78 is 0. The number of nitrogens with zero attached hydrogens (tertiary/aromatic N) is 3. The van der Waals surface area contributed by atoms with Gasteiger partial charge in [0.25, 0.3) is 5.69 Å². The van der Waals surface area contributed by atoms with Gasteiger partial charge in [-0.25, -0.2) is 0 Å². The molecule has 0 radical (unpaired) electrons. The smallest absolute Gasteiger partial charge is 0.270 e. The first-order chi connectivity index (χ1) is 21.5. The van der Waals surface area contributed by atoms with Crippen LogP contribution in [0.3, 0.4) is 0 Å². The number of carbonyl (C=O) groups excluding carboxylic acids is 2. The maximum atomic E-state index is 12.8. The fraction of sp³-hybridized carbons (Fsp3) is 0.314. The third kappa shape index (κ3) is 6.52. The topological polar surface area (TPSA) is 142 Å². The molecule has 0 aromatic heterocycles. The number of rotatable bonds is 10. The van der Waals surface area contributed by atoms with Gasteiger partial charge in [0.05, 0.1) is 28.4 Å². The van der Waals surface area contributed by atoms with Crippen molar-refractivity contribution < 1.29 is 24.7 Å². The number of benzene rings is 3. The Morgan fingerprint density at radius 2 is 1.42 bits per heavy atom. The van der Waals surface area contributed by atoms with Crippen molar-refractivity contribution in [2.75, 3.05) is 26.2 Å². The number of allylic oxidation sites excluding steroid dienone is 1. The lowest BCUT2D eigenvalue weighted by Crippen LogP contribution is -2.57. The number of dihydropyridines is 1. The van der Waals surface area contributed by atoms with Gasteiger partial charge in [0, 0.05) is 66.8 Å². The highest BCUT2D eigenvalue weighted by molar-refractivity contribution is 6.13. The van der Waals surface area contributed by atoms with Crippen LogP contribution in [0.4, 0.5) is 5.69 Å². The predicted octanol–water partition coefficient (Wildman–Crippen LogP) is 2.67. The molecule has 10 nitrogen and oxygen atoms in total. The lowest BCUT2D eigenvalue weighted by molar-refractivity contribution is -0.384. The normalized spacial score (nSPS) is 20.2. The number of carboxylic acids is 2. The third-order valence-corrected chi connectivity index (χ3v) is 8.92. The lowest BCUT2D eigenvalue weighted by atomic mass is 9.75. The summed E-state index contributed by atoms with van der Waals surface area (Å²) in [5.74, 6) is -3.14. The van der Waals surface area contributed by atoms with Crippen molar-refractivity contribution in [1.82, 2.24) is 15.1 Å². The van der Waals surface area contributed by atoms with E-state index in [9.17, 15) is 29.9 Å². The number of non-ortho nitro benzene ring substituents is 1. The average molecular weight is 609 g/mol. The van der Waals surface area contributed by atoms with E-state index in [4.69, 9.17) is 0 Å². The van der Waals surface area contributed by atoms with Crippen molar-refractivity contribution in [2.45, 2.75) is 44.8 Å². The summed E-state index contributed by atoms with van der Waals surface area (Å²) in [6, 6.07) is 26.1. The van der Waals surface area contributed by atoms with Crippen LogP contribution in [0.25, 0.3) is 5.57 Å². The summed E-state index contributed by atoms with van der Waals surface area (Å²) in [6.07, 6.45) is 0.313. The van der Waals surface area contributed by atoms with Crippen LogP contribution in [-0.2, 0) is 9.59 Å². The van der Waals surface area contributed by atoms with Crippen LogP contribution in [0.1, 0.15) is 49.9 Å². The van der Waals surface area contributed by atoms with Crippen LogP contribution < -0.4 is 15.5 Å². The van der Waals surface area contributed by atoms with Gasteiger partial charge in [0.15, 0.2) is 0 Å². The van der Waals surface area contributed by atoms with E-state index in [0.717, 1.165) is 26.2 Å². The van der Waals surface area contributed by atoms with Crippen LogP contribution in [0.5, 0.6) is 0 Å². The number of nitro benzene ring substituents is 1. The van der Waals surface area contributed by atoms with Gasteiger partial charge in [-0.3, -0.25) is 19.9 Å². The molecule has 0 amide bonds. The molecule has 2 heterocycles. The second-order valence-electron chi connectivity index (χ2n) is 11.9. The minimum Gasteiger partial charge on any atom is -0.545 e. The first-order valence-corrected chi connectivity index (χ1v) is 15.0. The largest absolute Gasteiger partial charge is 0.545 e. The Kier molecular flexibility index (Phi) is 9.17. The molecule has 3 aromatic carbocycles. The van der Waals surface area contributed by atoms with Crippen LogP contribution >= 0.6 is 0 Å². The fourth-order valence-electron chi connectivity index (χ4n) is 6.97. The molecular formula is C35H36N4O6-2. The summed E-state index contributed by atoms with van der Waals surface area (Å²) in [5.41, 5.74) is 0.452. The molecule has 45 heavy (non-hydrogen) atoms. The van der Waals surface area contributed by atoms with E-state index < -0.39 is 22.4 Å². The van der Waals surface area contributed by atoms with E-state index in [0.29, 0.717) is 6.42 Å². The molecule has 1 saturated heterocycles. The van der Waals surface area contributed by atoms with Gasteiger partial charge in [-0.15, -0.1) is 0 Å². The zero-order chi connectivity index (χ0) is 32.3. The SMILES string of the molecule is CC1=C(C(=O)[O-])C(c2cccc([N+](=O)[O-])c2)=C(C(=O)[O-])C(C)(CC(C)N2CCN(C(c3ccccc3)c3ccccc3)CC2)N1. The molecule has 5 rings (SSSR count). The van der Waals surface area contributed by atoms with Gasteiger partial charge in [0.2, 0.25) is 0 Å². The van der Waals surface area contributed by atoms with E-state index in [1.54, 1.807) is 13.8 Å². The van der Waals surface area contributed by atoms with Crippen LogP contribution in [0.2, 0.25) is 0 Å². The predicted molar refractivity (Wildman–Crippen MR) is 166 cm³/mol. The van der Waals surface area contributed by atoms with E-state index >= 15 is 0 Å². The van der Waals surface area contributed by atoms with E-state index in [1.165, 1.54) is 35.4 Å². The summed E-state index contributed by atoms with van der Waals surface area (Å²) in [7, 11) is 0. The van der Waals surface area contributed by atoms with Crippen LogP contribution in [0.15, 0.2) is 102 Å². The molecule has 0 spiro atoms. The zero-order valence-electron chi connectivity index (χ0n) is 25.6. The molecule has 3 aromatic rings. The molecule has 0 aliphatic carbocycles.